The lowest BCUT2D eigenvalue weighted by molar-refractivity contribution is -0.140. The average Bonchev–Trinajstić information content (AvgIpc) is 3.27. The number of rotatable bonds is 6. The van der Waals surface area contributed by atoms with Crippen LogP contribution in [0.2, 0.25) is 0 Å². The Morgan fingerprint density at radius 1 is 1.13 bits per heavy atom. The summed E-state index contributed by atoms with van der Waals surface area (Å²) in [6.45, 7) is 1.92. The highest BCUT2D eigenvalue weighted by Crippen LogP contribution is 2.33. The van der Waals surface area contributed by atoms with Gasteiger partial charge in [0.15, 0.2) is 5.82 Å². The standard InChI is InChI=1S/C23H28N4O3/c1-30-20(28)10-13-24-23(29)17-11-14-27(15-12-17)22-18-8-5-9-19(18)25-21(26-22)16-6-3-2-4-7-16/h2-4,6-7,17H,5,8-15H2,1H3,(H,24,29). The average molecular weight is 409 g/mol. The zero-order valence-electron chi connectivity index (χ0n) is 17.4. The molecule has 1 saturated heterocycles. The van der Waals surface area contributed by atoms with Gasteiger partial charge in [0, 0.05) is 42.4 Å². The molecule has 1 aromatic carbocycles. The number of hydrogen-bond donors (Lipinski definition) is 1. The maximum Gasteiger partial charge on any atom is 0.307 e. The van der Waals surface area contributed by atoms with Crippen LogP contribution in [-0.2, 0) is 27.2 Å². The predicted molar refractivity (Wildman–Crippen MR) is 114 cm³/mol. The van der Waals surface area contributed by atoms with E-state index in [1.54, 1.807) is 0 Å². The number of amides is 1. The van der Waals surface area contributed by atoms with Gasteiger partial charge in [0.2, 0.25) is 5.91 Å². The molecule has 0 unspecified atom stereocenters. The number of aryl methyl sites for hydroxylation is 1. The van der Waals surface area contributed by atoms with E-state index in [4.69, 9.17) is 9.97 Å². The van der Waals surface area contributed by atoms with Gasteiger partial charge in [0.1, 0.15) is 5.82 Å². The molecule has 2 aliphatic rings. The van der Waals surface area contributed by atoms with Gasteiger partial charge in [-0.1, -0.05) is 30.3 Å². The van der Waals surface area contributed by atoms with E-state index in [0.717, 1.165) is 62.4 Å². The molecule has 7 nitrogen and oxygen atoms in total. The monoisotopic (exact) mass is 408 g/mol. The largest absolute Gasteiger partial charge is 0.469 e. The molecule has 1 aliphatic heterocycles. The summed E-state index contributed by atoms with van der Waals surface area (Å²) in [7, 11) is 1.35. The molecule has 0 atom stereocenters. The van der Waals surface area contributed by atoms with Crippen LogP contribution in [0.4, 0.5) is 5.82 Å². The lowest BCUT2D eigenvalue weighted by Crippen LogP contribution is -2.41. The van der Waals surface area contributed by atoms with Gasteiger partial charge in [-0.15, -0.1) is 0 Å². The van der Waals surface area contributed by atoms with Crippen LogP contribution in [-0.4, -0.2) is 48.6 Å². The number of piperidine rings is 1. The fourth-order valence-electron chi connectivity index (χ4n) is 4.28. The summed E-state index contributed by atoms with van der Waals surface area (Å²) in [6, 6.07) is 10.1. The maximum atomic E-state index is 12.4. The highest BCUT2D eigenvalue weighted by molar-refractivity contribution is 5.79. The van der Waals surface area contributed by atoms with Crippen LogP contribution in [0.5, 0.6) is 0 Å². The van der Waals surface area contributed by atoms with Crippen molar-refractivity contribution in [3.63, 3.8) is 0 Å². The van der Waals surface area contributed by atoms with E-state index in [-0.39, 0.29) is 24.2 Å². The molecule has 1 aliphatic carbocycles. The van der Waals surface area contributed by atoms with E-state index in [1.807, 2.05) is 30.3 Å². The fraction of sp³-hybridized carbons (Fsp3) is 0.478. The first-order valence-electron chi connectivity index (χ1n) is 10.7. The molecular formula is C23H28N4O3. The molecule has 2 aromatic rings. The van der Waals surface area contributed by atoms with Crippen molar-refractivity contribution in [1.82, 2.24) is 15.3 Å². The molecule has 4 rings (SSSR count). The minimum absolute atomic E-state index is 0.0245. The molecule has 0 radical (unpaired) electrons. The molecule has 2 heterocycles. The number of esters is 1. The summed E-state index contributed by atoms with van der Waals surface area (Å²) in [5, 5.41) is 2.86. The summed E-state index contributed by atoms with van der Waals surface area (Å²) in [5.74, 6) is 1.52. The van der Waals surface area contributed by atoms with E-state index in [2.05, 4.69) is 15.0 Å². The highest BCUT2D eigenvalue weighted by atomic mass is 16.5. The number of benzene rings is 1. The van der Waals surface area contributed by atoms with Gasteiger partial charge in [-0.25, -0.2) is 9.97 Å². The van der Waals surface area contributed by atoms with Crippen molar-refractivity contribution in [3.8, 4) is 11.4 Å². The van der Waals surface area contributed by atoms with Crippen LogP contribution in [0.1, 0.15) is 36.9 Å². The first kappa shape index (κ1) is 20.3. The van der Waals surface area contributed by atoms with Crippen LogP contribution in [0, 0.1) is 5.92 Å². The molecule has 1 fully saturated rings. The zero-order chi connectivity index (χ0) is 20.9. The number of ether oxygens (including phenoxy) is 1. The second kappa shape index (κ2) is 9.24. The Labute approximate surface area is 176 Å². The summed E-state index contributed by atoms with van der Waals surface area (Å²) >= 11 is 0. The van der Waals surface area contributed by atoms with Gasteiger partial charge in [-0.05, 0) is 32.1 Å². The number of carbonyl (C=O) groups is 2. The zero-order valence-corrected chi connectivity index (χ0v) is 17.4. The topological polar surface area (TPSA) is 84.4 Å². The second-order valence-electron chi connectivity index (χ2n) is 7.89. The van der Waals surface area contributed by atoms with Crippen molar-refractivity contribution in [2.24, 2.45) is 5.92 Å². The lowest BCUT2D eigenvalue weighted by Gasteiger charge is -2.33. The third-order valence-electron chi connectivity index (χ3n) is 5.96. The fourth-order valence-corrected chi connectivity index (χ4v) is 4.28. The molecular weight excluding hydrogens is 380 g/mol. The van der Waals surface area contributed by atoms with E-state index < -0.39 is 0 Å². The van der Waals surface area contributed by atoms with E-state index in [0.29, 0.717) is 6.54 Å². The molecule has 30 heavy (non-hydrogen) atoms. The number of methoxy groups -OCH3 is 1. The summed E-state index contributed by atoms with van der Waals surface area (Å²) in [4.78, 5) is 35.7. The molecule has 1 amide bonds. The van der Waals surface area contributed by atoms with Crippen molar-refractivity contribution in [3.05, 3.63) is 41.6 Å². The highest BCUT2D eigenvalue weighted by Gasteiger charge is 2.29. The SMILES string of the molecule is COC(=O)CCNC(=O)C1CCN(c2nc(-c3ccccc3)nc3c2CCC3)CC1. The van der Waals surface area contributed by atoms with Gasteiger partial charge in [-0.2, -0.15) is 0 Å². The molecule has 158 valence electrons. The number of nitrogens with one attached hydrogen (secondary N) is 1. The Kier molecular flexibility index (Phi) is 6.26. The molecule has 0 bridgehead atoms. The minimum Gasteiger partial charge on any atom is -0.469 e. The van der Waals surface area contributed by atoms with Crippen LogP contribution >= 0.6 is 0 Å². The summed E-state index contributed by atoms with van der Waals surface area (Å²) in [6.07, 6.45) is 4.91. The Morgan fingerprint density at radius 2 is 1.90 bits per heavy atom. The number of carbonyl (C=O) groups excluding carboxylic acids is 2. The Morgan fingerprint density at radius 3 is 2.63 bits per heavy atom. The second-order valence-corrected chi connectivity index (χ2v) is 7.89. The first-order chi connectivity index (χ1) is 14.7. The number of anilines is 1. The predicted octanol–water partition coefficient (Wildman–Crippen LogP) is 2.53. The van der Waals surface area contributed by atoms with E-state index >= 15 is 0 Å². The van der Waals surface area contributed by atoms with Crippen molar-refractivity contribution < 1.29 is 14.3 Å². The quantitative estimate of drug-likeness (QED) is 0.740. The molecule has 1 N–H and O–H groups in total. The Hall–Kier alpha value is -2.96. The summed E-state index contributed by atoms with van der Waals surface area (Å²) < 4.78 is 4.61. The molecule has 1 aromatic heterocycles. The number of aromatic nitrogens is 2. The first-order valence-corrected chi connectivity index (χ1v) is 10.7. The van der Waals surface area contributed by atoms with Crippen molar-refractivity contribution >= 4 is 17.7 Å². The number of fused-ring (bicyclic) bond motifs is 1. The van der Waals surface area contributed by atoms with Crippen LogP contribution in [0.3, 0.4) is 0 Å². The van der Waals surface area contributed by atoms with Crippen molar-refractivity contribution in [1.29, 1.82) is 0 Å². The van der Waals surface area contributed by atoms with Gasteiger partial charge in [0.25, 0.3) is 0 Å². The normalized spacial score (nSPS) is 16.2. The third kappa shape index (κ3) is 4.45. The van der Waals surface area contributed by atoms with Gasteiger partial charge < -0.3 is 15.0 Å². The smallest absolute Gasteiger partial charge is 0.307 e. The lowest BCUT2D eigenvalue weighted by atomic mass is 9.95. The van der Waals surface area contributed by atoms with E-state index in [9.17, 15) is 9.59 Å². The van der Waals surface area contributed by atoms with Gasteiger partial charge in [0.05, 0.1) is 13.5 Å². The van der Waals surface area contributed by atoms with Gasteiger partial charge in [-0.3, -0.25) is 9.59 Å². The van der Waals surface area contributed by atoms with E-state index in [1.165, 1.54) is 18.4 Å². The number of nitrogens with zero attached hydrogens (tertiary/aromatic N) is 3. The summed E-state index contributed by atoms with van der Waals surface area (Å²) in [5.41, 5.74) is 3.48. The minimum atomic E-state index is -0.308. The Balaban J connectivity index is 1.43. The molecule has 0 saturated carbocycles. The van der Waals surface area contributed by atoms with Crippen LogP contribution < -0.4 is 10.2 Å². The van der Waals surface area contributed by atoms with Crippen LogP contribution in [0.25, 0.3) is 11.4 Å². The molecule has 7 heteroatoms. The van der Waals surface area contributed by atoms with Crippen LogP contribution in [0.15, 0.2) is 30.3 Å². The molecule has 0 spiro atoms. The van der Waals surface area contributed by atoms with Crippen molar-refractivity contribution in [2.45, 2.75) is 38.5 Å². The third-order valence-corrected chi connectivity index (χ3v) is 5.96. The van der Waals surface area contributed by atoms with Crippen molar-refractivity contribution in [2.75, 3.05) is 31.6 Å². The Bertz CT molecular complexity index is 908. The maximum absolute atomic E-state index is 12.4. The number of hydrogen-bond acceptors (Lipinski definition) is 6. The van der Waals surface area contributed by atoms with Gasteiger partial charge >= 0.3 is 5.97 Å².